The molecule has 2 atom stereocenters. The van der Waals surface area contributed by atoms with Crippen LogP contribution in [0.3, 0.4) is 0 Å². The number of aliphatic carboxylic acids is 2. The van der Waals surface area contributed by atoms with Crippen LogP contribution in [0.5, 0.6) is 0 Å². The zero-order chi connectivity index (χ0) is 46.6. The summed E-state index contributed by atoms with van der Waals surface area (Å²) in [6, 6.07) is 3.47. The molecule has 12 nitrogen and oxygen atoms in total. The van der Waals surface area contributed by atoms with E-state index in [1.807, 2.05) is 0 Å². The summed E-state index contributed by atoms with van der Waals surface area (Å²) in [5.41, 5.74) is 1.32. The summed E-state index contributed by atoms with van der Waals surface area (Å²) in [6.45, 7) is 4.46. The fraction of sp³-hybridized carbons (Fsp3) is 0.765. The van der Waals surface area contributed by atoms with Gasteiger partial charge in [0.25, 0.3) is 5.91 Å². The fourth-order valence-electron chi connectivity index (χ4n) is 8.14. The van der Waals surface area contributed by atoms with Crippen LogP contribution in [-0.4, -0.2) is 81.1 Å². The number of thioether (sulfide) groups is 1. The molecule has 0 spiro atoms. The third kappa shape index (κ3) is 27.0. The molecule has 0 aliphatic carbocycles. The lowest BCUT2D eigenvalue weighted by molar-refractivity contribution is -0.157. The fourth-order valence-corrected chi connectivity index (χ4v) is 9.07. The summed E-state index contributed by atoms with van der Waals surface area (Å²) in [7, 11) is 0. The number of hydrogen-bond acceptors (Lipinski definition) is 9. The normalized spacial score (nSPS) is 13.1. The molecule has 364 valence electrons. The van der Waals surface area contributed by atoms with Crippen molar-refractivity contribution in [2.24, 2.45) is 0 Å². The monoisotopic (exact) mass is 917 g/mol. The number of carbonyl (C=O) groups excluding carboxylic acids is 4. The largest absolute Gasteiger partial charge is 0.481 e. The van der Waals surface area contributed by atoms with Crippen LogP contribution < -0.4 is 5.32 Å². The van der Waals surface area contributed by atoms with Gasteiger partial charge in [-0.3, -0.25) is 24.0 Å². The van der Waals surface area contributed by atoms with Gasteiger partial charge in [0.1, 0.15) is 18.8 Å². The van der Waals surface area contributed by atoms with Crippen molar-refractivity contribution in [3.63, 3.8) is 0 Å². The van der Waals surface area contributed by atoms with Crippen molar-refractivity contribution < 1.29 is 48.5 Å². The van der Waals surface area contributed by atoms with Crippen LogP contribution in [0.2, 0.25) is 0 Å². The molecule has 1 aromatic carbocycles. The smallest absolute Gasteiger partial charge is 0.326 e. The number of carboxylic acid groups (broad SMARTS) is 2. The molecular weight excluding hydrogens is 833 g/mol. The molecule has 0 aromatic heterocycles. The van der Waals surface area contributed by atoms with Crippen molar-refractivity contribution in [1.29, 1.82) is 0 Å². The zero-order valence-electron chi connectivity index (χ0n) is 39.7. The number of unbranched alkanes of at least 4 members (excludes halogenated alkanes) is 24. The summed E-state index contributed by atoms with van der Waals surface area (Å²) >= 11 is 1.43. The second-order valence-corrected chi connectivity index (χ2v) is 18.9. The summed E-state index contributed by atoms with van der Waals surface area (Å²) < 4.78 is 11.4. The third-order valence-electron chi connectivity index (χ3n) is 12.0. The highest BCUT2D eigenvalue weighted by molar-refractivity contribution is 7.99. The van der Waals surface area contributed by atoms with E-state index in [9.17, 15) is 33.9 Å². The molecular formula is C51H84N2O10S. The standard InChI is InChI=1S/C51H84N2O10S/c1-3-5-7-9-11-13-15-17-19-21-23-25-27-29-48(57)62-39-43(63-49(58)30-28-26-24-22-20-18-16-14-12-10-8-6-4-2)40-64-36-35-46(54)52-42-31-32-44-41(37-42)38-53(50(44)59)45(51(60)61)33-34-47(55)56/h31-32,37,43,45H,3-30,33-36,38-40H2,1-2H3,(H,52,54)(H,55,56)(H,60,61). The highest BCUT2D eigenvalue weighted by Gasteiger charge is 2.36. The molecule has 0 fully saturated rings. The Balaban J connectivity index is 1.76. The Bertz CT molecular complexity index is 1490. The Labute approximate surface area is 389 Å². The van der Waals surface area contributed by atoms with Crippen LogP contribution in [0.15, 0.2) is 18.2 Å². The molecule has 1 aromatic rings. The topological polar surface area (TPSA) is 177 Å². The number of anilines is 1. The number of esters is 2. The highest BCUT2D eigenvalue weighted by atomic mass is 32.2. The molecule has 3 N–H and O–H groups in total. The van der Waals surface area contributed by atoms with Gasteiger partial charge in [0.05, 0.1) is 0 Å². The predicted molar refractivity (Wildman–Crippen MR) is 257 cm³/mol. The molecule has 0 bridgehead atoms. The Morgan fingerprint density at radius 2 is 1.14 bits per heavy atom. The number of carbonyl (C=O) groups is 6. The minimum atomic E-state index is -1.28. The average Bonchev–Trinajstić information content (AvgIpc) is 3.58. The molecule has 1 heterocycles. The number of hydrogen-bond donors (Lipinski definition) is 3. The van der Waals surface area contributed by atoms with E-state index in [-0.39, 0.29) is 50.3 Å². The zero-order valence-corrected chi connectivity index (χ0v) is 40.5. The van der Waals surface area contributed by atoms with E-state index in [1.54, 1.807) is 12.1 Å². The minimum absolute atomic E-state index is 0.00620. The van der Waals surface area contributed by atoms with Gasteiger partial charge < -0.3 is 29.9 Å². The average molecular weight is 917 g/mol. The second kappa shape index (κ2) is 36.6. The van der Waals surface area contributed by atoms with Crippen molar-refractivity contribution in [2.45, 2.75) is 232 Å². The first-order valence-electron chi connectivity index (χ1n) is 25.2. The maximum Gasteiger partial charge on any atom is 0.326 e. The van der Waals surface area contributed by atoms with E-state index >= 15 is 0 Å². The SMILES string of the molecule is CCCCCCCCCCCCCCCC(=O)OCC(CSCCC(=O)Nc1ccc2c(c1)CN(C(CCC(=O)O)C(=O)O)C2=O)OC(=O)CCCCCCCCCCCCCCC. The lowest BCUT2D eigenvalue weighted by atomic mass is 10.0. The van der Waals surface area contributed by atoms with E-state index in [0.717, 1.165) is 43.4 Å². The van der Waals surface area contributed by atoms with E-state index in [2.05, 4.69) is 19.2 Å². The Kier molecular flexibility index (Phi) is 32.3. The second-order valence-electron chi connectivity index (χ2n) is 17.7. The third-order valence-corrected chi connectivity index (χ3v) is 13.1. The van der Waals surface area contributed by atoms with Crippen LogP contribution in [0.1, 0.15) is 229 Å². The van der Waals surface area contributed by atoms with Gasteiger partial charge in [0.15, 0.2) is 0 Å². The van der Waals surface area contributed by atoms with Crippen molar-refractivity contribution in [2.75, 3.05) is 23.4 Å². The maximum atomic E-state index is 13.0. The molecule has 2 unspecified atom stereocenters. The van der Waals surface area contributed by atoms with Crippen molar-refractivity contribution in [3.05, 3.63) is 29.3 Å². The number of carboxylic acids is 2. The van der Waals surface area contributed by atoms with E-state index in [0.29, 0.717) is 41.2 Å². The van der Waals surface area contributed by atoms with Crippen molar-refractivity contribution >= 4 is 53.1 Å². The molecule has 1 aliphatic rings. The molecule has 2 amide bonds. The van der Waals surface area contributed by atoms with E-state index in [1.165, 1.54) is 146 Å². The van der Waals surface area contributed by atoms with Gasteiger partial charge in [-0.2, -0.15) is 11.8 Å². The van der Waals surface area contributed by atoms with Gasteiger partial charge in [-0.25, -0.2) is 4.79 Å². The van der Waals surface area contributed by atoms with Gasteiger partial charge >= 0.3 is 23.9 Å². The summed E-state index contributed by atoms with van der Waals surface area (Å²) in [5, 5.41) is 21.5. The van der Waals surface area contributed by atoms with Crippen LogP contribution >= 0.6 is 11.8 Å². The predicted octanol–water partition coefficient (Wildman–Crippen LogP) is 12.4. The first kappa shape index (κ1) is 56.5. The van der Waals surface area contributed by atoms with Crippen LogP contribution in [-0.2, 0) is 40.0 Å². The Hall–Kier alpha value is -3.61. The Morgan fingerprint density at radius 3 is 1.62 bits per heavy atom. The van der Waals surface area contributed by atoms with E-state index in [4.69, 9.17) is 14.6 Å². The number of amides is 2. The Morgan fingerprint density at radius 1 is 0.656 bits per heavy atom. The number of ether oxygens (including phenoxy) is 2. The van der Waals surface area contributed by atoms with E-state index < -0.39 is 30.0 Å². The molecule has 0 saturated heterocycles. The van der Waals surface area contributed by atoms with Gasteiger partial charge in [0.2, 0.25) is 5.91 Å². The number of rotatable bonds is 42. The maximum absolute atomic E-state index is 13.0. The molecule has 1 aliphatic heterocycles. The first-order chi connectivity index (χ1) is 31.0. The molecule has 0 radical (unpaired) electrons. The summed E-state index contributed by atoms with van der Waals surface area (Å²) in [6.07, 6.45) is 31.4. The molecule has 64 heavy (non-hydrogen) atoms. The molecule has 13 heteroatoms. The molecule has 0 saturated carbocycles. The van der Waals surface area contributed by atoms with Crippen LogP contribution in [0, 0.1) is 0 Å². The number of benzene rings is 1. The van der Waals surface area contributed by atoms with Gasteiger partial charge in [-0.15, -0.1) is 0 Å². The van der Waals surface area contributed by atoms with Crippen LogP contribution in [0.25, 0.3) is 0 Å². The van der Waals surface area contributed by atoms with Crippen LogP contribution in [0.4, 0.5) is 5.69 Å². The number of fused-ring (bicyclic) bond motifs is 1. The van der Waals surface area contributed by atoms with Gasteiger partial charge in [-0.05, 0) is 43.0 Å². The number of nitrogens with zero attached hydrogens (tertiary/aromatic N) is 1. The van der Waals surface area contributed by atoms with Gasteiger partial charge in [-0.1, -0.05) is 168 Å². The molecule has 2 rings (SSSR count). The van der Waals surface area contributed by atoms with Crippen molar-refractivity contribution in [3.8, 4) is 0 Å². The lowest BCUT2D eigenvalue weighted by Gasteiger charge is -2.23. The summed E-state index contributed by atoms with van der Waals surface area (Å²) in [5.74, 6) is -2.98. The lowest BCUT2D eigenvalue weighted by Crippen LogP contribution is -2.41. The highest BCUT2D eigenvalue weighted by Crippen LogP contribution is 2.29. The minimum Gasteiger partial charge on any atom is -0.481 e. The first-order valence-corrected chi connectivity index (χ1v) is 26.3. The number of nitrogens with one attached hydrogen (secondary N) is 1. The van der Waals surface area contributed by atoms with Gasteiger partial charge in [0, 0.05) is 55.0 Å². The quantitative estimate of drug-likeness (QED) is 0.0420. The summed E-state index contributed by atoms with van der Waals surface area (Å²) in [4.78, 5) is 75.5. The van der Waals surface area contributed by atoms with Crippen molar-refractivity contribution in [1.82, 2.24) is 4.90 Å².